The molecule has 0 aliphatic carbocycles. The van der Waals surface area contributed by atoms with Gasteiger partial charge in [-0.3, -0.25) is 4.79 Å². The Balaban J connectivity index is 4.04. The number of primary amides is 1. The molecule has 1 atom stereocenters. The lowest BCUT2D eigenvalue weighted by molar-refractivity contribution is -0.184. The number of carbonyl (C=O) groups excluding carboxylic acids is 1. The van der Waals surface area contributed by atoms with Crippen LogP contribution in [-0.4, -0.2) is 21.9 Å². The largest absolute Gasteiger partial charge is 0.369 e. The van der Waals surface area contributed by atoms with E-state index in [1.54, 1.807) is 0 Å². The molecule has 4 heteroatoms. The quantitative estimate of drug-likeness (QED) is 0.414. The van der Waals surface area contributed by atoms with E-state index >= 15 is 0 Å². The summed E-state index contributed by atoms with van der Waals surface area (Å²) in [7, 11) is 0. The molecule has 0 aliphatic heterocycles. The molecule has 0 saturated carbocycles. The van der Waals surface area contributed by atoms with Crippen LogP contribution in [0, 0.1) is 5.92 Å². The smallest absolute Gasteiger partial charge is 0.225 e. The summed E-state index contributed by atoms with van der Waals surface area (Å²) in [5, 5.41) is 17.4. The Morgan fingerprint density at radius 3 is 2.00 bits per heavy atom. The maximum Gasteiger partial charge on any atom is 0.225 e. The van der Waals surface area contributed by atoms with Gasteiger partial charge in [-0.25, -0.2) is 0 Å². The summed E-state index contributed by atoms with van der Waals surface area (Å²) >= 11 is 0. The van der Waals surface area contributed by atoms with Crippen LogP contribution in [0.5, 0.6) is 0 Å². The third kappa shape index (κ3) is 2.43. The monoisotopic (exact) mass is 133 g/mol. The molecule has 0 aliphatic rings. The molecule has 4 nitrogen and oxygen atoms in total. The fourth-order valence-corrected chi connectivity index (χ4v) is 0.269. The number of nitrogens with two attached hydrogens (primary N) is 1. The minimum Gasteiger partial charge on any atom is -0.369 e. The normalized spacial score (nSPS) is 15.1. The van der Waals surface area contributed by atoms with Crippen LogP contribution < -0.4 is 5.73 Å². The van der Waals surface area contributed by atoms with Crippen LogP contribution in [-0.2, 0) is 4.79 Å². The first-order valence-corrected chi connectivity index (χ1v) is 2.59. The van der Waals surface area contributed by atoms with Crippen molar-refractivity contribution in [1.82, 2.24) is 0 Å². The lowest BCUT2D eigenvalue weighted by atomic mass is 10.0. The van der Waals surface area contributed by atoms with Crippen molar-refractivity contribution < 1.29 is 15.0 Å². The van der Waals surface area contributed by atoms with Crippen molar-refractivity contribution in [2.45, 2.75) is 19.6 Å². The fourth-order valence-electron chi connectivity index (χ4n) is 0.269. The molecule has 4 N–H and O–H groups in total. The molecule has 0 rings (SSSR count). The highest BCUT2D eigenvalue weighted by Crippen LogP contribution is 2.10. The van der Waals surface area contributed by atoms with Gasteiger partial charge < -0.3 is 15.9 Å². The van der Waals surface area contributed by atoms with Crippen molar-refractivity contribution in [3.63, 3.8) is 0 Å². The summed E-state index contributed by atoms with van der Waals surface area (Å²) in [5.41, 5.74) is 4.76. The zero-order chi connectivity index (χ0) is 7.65. The minimum atomic E-state index is -1.99. The van der Waals surface area contributed by atoms with Gasteiger partial charge in [0.2, 0.25) is 5.91 Å². The molecule has 9 heavy (non-hydrogen) atoms. The molecular weight excluding hydrogens is 122 g/mol. The topological polar surface area (TPSA) is 83.6 Å². The number of amides is 1. The van der Waals surface area contributed by atoms with Gasteiger partial charge >= 0.3 is 0 Å². The van der Waals surface area contributed by atoms with Gasteiger partial charge in [0, 0.05) is 0 Å². The zero-order valence-corrected chi connectivity index (χ0v) is 5.46. The second-order valence-corrected chi connectivity index (χ2v) is 2.22. The second-order valence-electron chi connectivity index (χ2n) is 2.22. The fraction of sp³-hybridized carbons (Fsp3) is 0.800. The van der Waals surface area contributed by atoms with E-state index in [9.17, 15) is 4.79 Å². The average Bonchev–Trinajstić information content (AvgIpc) is 1.62. The van der Waals surface area contributed by atoms with Gasteiger partial charge in [0.25, 0.3) is 0 Å². The van der Waals surface area contributed by atoms with Crippen molar-refractivity contribution >= 4 is 5.91 Å². The number of aliphatic hydroxyl groups is 2. The Morgan fingerprint density at radius 2 is 2.00 bits per heavy atom. The van der Waals surface area contributed by atoms with E-state index in [0.29, 0.717) is 0 Å². The maximum absolute atomic E-state index is 10.2. The Kier molecular flexibility index (Phi) is 2.17. The van der Waals surface area contributed by atoms with E-state index in [1.165, 1.54) is 6.92 Å². The third-order valence-corrected chi connectivity index (χ3v) is 1.25. The first-order valence-electron chi connectivity index (χ1n) is 2.59. The summed E-state index contributed by atoms with van der Waals surface area (Å²) in [6.07, 6.45) is 0. The Hall–Kier alpha value is -0.610. The lowest BCUT2D eigenvalue weighted by Gasteiger charge is -2.20. The van der Waals surface area contributed by atoms with Crippen molar-refractivity contribution in [2.75, 3.05) is 0 Å². The first-order chi connectivity index (χ1) is 3.85. The number of carbonyl (C=O) groups is 1. The average molecular weight is 133 g/mol. The Labute approximate surface area is 53.3 Å². The van der Waals surface area contributed by atoms with Crippen molar-refractivity contribution in [3.8, 4) is 0 Å². The third-order valence-electron chi connectivity index (χ3n) is 1.25. The van der Waals surface area contributed by atoms with Crippen LogP contribution in [0.3, 0.4) is 0 Å². The summed E-state index contributed by atoms with van der Waals surface area (Å²) in [5.74, 6) is -3.65. The second kappa shape index (κ2) is 2.33. The van der Waals surface area contributed by atoms with Gasteiger partial charge in [-0.1, -0.05) is 0 Å². The number of rotatable bonds is 2. The molecule has 1 amide bonds. The molecule has 0 heterocycles. The maximum atomic E-state index is 10.2. The van der Waals surface area contributed by atoms with Crippen LogP contribution in [0.1, 0.15) is 13.8 Å². The van der Waals surface area contributed by atoms with E-state index in [4.69, 9.17) is 15.9 Å². The molecule has 0 bridgehead atoms. The summed E-state index contributed by atoms with van der Waals surface area (Å²) in [6, 6.07) is 0. The molecule has 1 unspecified atom stereocenters. The van der Waals surface area contributed by atoms with Gasteiger partial charge in [0.15, 0.2) is 5.79 Å². The molecule has 0 aromatic rings. The lowest BCUT2D eigenvalue weighted by Crippen LogP contribution is -2.40. The highest BCUT2D eigenvalue weighted by Gasteiger charge is 2.28. The Morgan fingerprint density at radius 1 is 1.67 bits per heavy atom. The van der Waals surface area contributed by atoms with Gasteiger partial charge in [-0.15, -0.1) is 0 Å². The van der Waals surface area contributed by atoms with Crippen molar-refractivity contribution in [3.05, 3.63) is 0 Å². The summed E-state index contributed by atoms with van der Waals surface area (Å²) in [4.78, 5) is 10.2. The summed E-state index contributed by atoms with van der Waals surface area (Å²) in [6.45, 7) is 2.46. The van der Waals surface area contributed by atoms with Crippen LogP contribution in [0.15, 0.2) is 0 Å². The van der Waals surface area contributed by atoms with Crippen LogP contribution >= 0.6 is 0 Å². The zero-order valence-electron chi connectivity index (χ0n) is 5.46. The van der Waals surface area contributed by atoms with E-state index in [1.807, 2.05) is 0 Å². The van der Waals surface area contributed by atoms with Crippen LogP contribution in [0.25, 0.3) is 0 Å². The summed E-state index contributed by atoms with van der Waals surface area (Å²) < 4.78 is 0. The van der Waals surface area contributed by atoms with E-state index in [2.05, 4.69) is 0 Å². The molecule has 0 radical (unpaired) electrons. The highest BCUT2D eigenvalue weighted by molar-refractivity contribution is 5.77. The predicted octanol–water partition coefficient (Wildman–Crippen LogP) is -1.19. The molecule has 0 fully saturated rings. The number of hydrogen-bond donors (Lipinski definition) is 3. The van der Waals surface area contributed by atoms with Gasteiger partial charge in [0.05, 0.1) is 5.92 Å². The molecule has 0 aromatic heterocycles. The van der Waals surface area contributed by atoms with Crippen molar-refractivity contribution in [2.24, 2.45) is 11.7 Å². The van der Waals surface area contributed by atoms with E-state index < -0.39 is 17.6 Å². The van der Waals surface area contributed by atoms with E-state index in [0.717, 1.165) is 6.92 Å². The van der Waals surface area contributed by atoms with Gasteiger partial charge in [-0.05, 0) is 13.8 Å². The number of hydrogen-bond acceptors (Lipinski definition) is 3. The van der Waals surface area contributed by atoms with Crippen LogP contribution in [0.2, 0.25) is 0 Å². The SMILES string of the molecule is CC(C(N)=O)C(C)(O)O. The van der Waals surface area contributed by atoms with E-state index in [-0.39, 0.29) is 0 Å². The molecular formula is C5H11NO3. The molecule has 54 valence electrons. The highest BCUT2D eigenvalue weighted by atomic mass is 16.5. The standard InChI is InChI=1S/C5H11NO3/c1-3(4(6)7)5(2,8)9/h3,8-9H,1-2H3,(H2,6,7). The molecule has 0 saturated heterocycles. The first kappa shape index (κ1) is 8.39. The molecule has 0 aromatic carbocycles. The van der Waals surface area contributed by atoms with Crippen LogP contribution in [0.4, 0.5) is 0 Å². The Bertz CT molecular complexity index is 116. The van der Waals surface area contributed by atoms with Gasteiger partial charge in [-0.2, -0.15) is 0 Å². The predicted molar refractivity (Wildman–Crippen MR) is 31.2 cm³/mol. The van der Waals surface area contributed by atoms with Crippen molar-refractivity contribution in [1.29, 1.82) is 0 Å². The molecule has 0 spiro atoms. The van der Waals surface area contributed by atoms with Gasteiger partial charge in [0.1, 0.15) is 0 Å². The minimum absolute atomic E-state index is 0.720.